The van der Waals surface area contributed by atoms with Gasteiger partial charge in [0.05, 0.1) is 0 Å². The molecule has 1 aliphatic rings. The third-order valence-corrected chi connectivity index (χ3v) is 0.236. The van der Waals surface area contributed by atoms with Crippen molar-refractivity contribution in [3.63, 3.8) is 0 Å². The van der Waals surface area contributed by atoms with Crippen molar-refractivity contribution in [3.8, 4) is 0 Å². The molecular formula is C3H5I. The van der Waals surface area contributed by atoms with E-state index in [4.69, 9.17) is 0 Å². The van der Waals surface area contributed by atoms with Gasteiger partial charge in [-0.1, -0.05) is 12.2 Å². The zero-order chi connectivity index (χ0) is 2.12. The summed E-state index contributed by atoms with van der Waals surface area (Å²) in [6, 6.07) is 0. The Kier molecular flexibility index (Phi) is 1.96. The Hall–Kier alpha value is 0.470. The van der Waals surface area contributed by atoms with E-state index in [1.54, 1.807) is 0 Å². The normalized spacial score (nSPS) is 14.0. The largest absolute Gasteiger partial charge is 0.107 e. The monoisotopic (exact) mass is 168 g/mol. The summed E-state index contributed by atoms with van der Waals surface area (Å²) < 4.78 is 0. The first kappa shape index (κ1) is 4.47. The summed E-state index contributed by atoms with van der Waals surface area (Å²) in [6.45, 7) is 0. The van der Waals surface area contributed by atoms with Crippen molar-refractivity contribution >= 4 is 24.0 Å². The predicted octanol–water partition coefficient (Wildman–Crippen LogP) is 1.56. The molecule has 0 atom stereocenters. The summed E-state index contributed by atoms with van der Waals surface area (Å²) in [4.78, 5) is 0. The molecule has 0 aliphatic heterocycles. The lowest BCUT2D eigenvalue weighted by atomic mass is 10.9. The minimum Gasteiger partial charge on any atom is -0.107 e. The molecule has 0 saturated carbocycles. The van der Waals surface area contributed by atoms with Crippen LogP contribution in [0, 0.1) is 0 Å². The van der Waals surface area contributed by atoms with Gasteiger partial charge in [-0.2, -0.15) is 0 Å². The van der Waals surface area contributed by atoms with Gasteiger partial charge in [-0.3, -0.25) is 0 Å². The first-order chi connectivity index (χ1) is 1.50. The van der Waals surface area contributed by atoms with E-state index in [9.17, 15) is 0 Å². The van der Waals surface area contributed by atoms with Crippen LogP contribution in [-0.2, 0) is 0 Å². The molecular weight excluding hydrogens is 163 g/mol. The van der Waals surface area contributed by atoms with E-state index in [1.807, 2.05) is 0 Å². The number of hydrogen-bond acceptors (Lipinski definition) is 0. The molecule has 0 nitrogen and oxygen atoms in total. The van der Waals surface area contributed by atoms with Gasteiger partial charge in [0.2, 0.25) is 0 Å². The van der Waals surface area contributed by atoms with Crippen LogP contribution in [0.5, 0.6) is 0 Å². The average Bonchev–Trinajstić information content (AvgIpc) is 1.46. The number of hydrogen-bond donors (Lipinski definition) is 0. The molecule has 0 spiro atoms. The van der Waals surface area contributed by atoms with E-state index in [2.05, 4.69) is 12.2 Å². The van der Waals surface area contributed by atoms with E-state index < -0.39 is 0 Å². The van der Waals surface area contributed by atoms with Gasteiger partial charge < -0.3 is 0 Å². The van der Waals surface area contributed by atoms with Crippen molar-refractivity contribution in [2.24, 2.45) is 0 Å². The molecule has 24 valence electrons. The fourth-order valence-corrected chi connectivity index (χ4v) is 0. The Morgan fingerprint density at radius 1 is 1.25 bits per heavy atom. The number of halogens is 1. The number of allylic oxidation sites excluding steroid dienone is 2. The van der Waals surface area contributed by atoms with E-state index in [0.717, 1.165) is 0 Å². The second-order valence-corrected chi connectivity index (χ2v) is 0.707. The van der Waals surface area contributed by atoms with Crippen LogP contribution < -0.4 is 0 Å². The van der Waals surface area contributed by atoms with Crippen molar-refractivity contribution in [2.45, 2.75) is 6.42 Å². The zero-order valence-corrected chi connectivity index (χ0v) is 4.60. The molecule has 0 radical (unpaired) electrons. The molecule has 0 aromatic heterocycles. The van der Waals surface area contributed by atoms with Crippen LogP contribution in [0.15, 0.2) is 12.2 Å². The summed E-state index contributed by atoms with van der Waals surface area (Å²) in [5, 5.41) is 0. The Morgan fingerprint density at radius 3 is 1.50 bits per heavy atom. The Balaban J connectivity index is 0.0000000900. The van der Waals surface area contributed by atoms with Crippen molar-refractivity contribution < 1.29 is 0 Å². The molecule has 0 bridgehead atoms. The maximum absolute atomic E-state index is 2.12. The van der Waals surface area contributed by atoms with Crippen molar-refractivity contribution in [1.29, 1.82) is 0 Å². The lowest BCUT2D eigenvalue weighted by Crippen LogP contribution is -0.956. The molecule has 0 heterocycles. The minimum absolute atomic E-state index is 0. The molecule has 0 aromatic rings. The fourth-order valence-electron chi connectivity index (χ4n) is 0. The lowest BCUT2D eigenvalue weighted by molar-refractivity contribution is 1.71. The average molecular weight is 168 g/mol. The summed E-state index contributed by atoms with van der Waals surface area (Å²) in [5.41, 5.74) is 0. The van der Waals surface area contributed by atoms with Gasteiger partial charge in [0.15, 0.2) is 0 Å². The predicted molar refractivity (Wildman–Crippen MR) is 29.2 cm³/mol. The molecule has 0 unspecified atom stereocenters. The van der Waals surface area contributed by atoms with Crippen LogP contribution in [0.4, 0.5) is 0 Å². The maximum atomic E-state index is 2.12. The fraction of sp³-hybridized carbons (Fsp3) is 0.333. The van der Waals surface area contributed by atoms with Crippen molar-refractivity contribution in [1.82, 2.24) is 0 Å². The zero-order valence-electron chi connectivity index (χ0n) is 2.27. The van der Waals surface area contributed by atoms with Gasteiger partial charge in [-0.05, 0) is 6.42 Å². The first-order valence-corrected chi connectivity index (χ1v) is 1.15. The number of rotatable bonds is 0. The summed E-state index contributed by atoms with van der Waals surface area (Å²) in [5.74, 6) is 0. The van der Waals surface area contributed by atoms with Crippen LogP contribution in [0.1, 0.15) is 6.42 Å². The quantitative estimate of drug-likeness (QED) is 0.380. The van der Waals surface area contributed by atoms with E-state index in [0.29, 0.717) is 0 Å². The maximum Gasteiger partial charge on any atom is -0.0169 e. The van der Waals surface area contributed by atoms with Gasteiger partial charge in [0.1, 0.15) is 0 Å². The Morgan fingerprint density at radius 2 is 1.50 bits per heavy atom. The summed E-state index contributed by atoms with van der Waals surface area (Å²) >= 11 is 0. The highest BCUT2D eigenvalue weighted by Gasteiger charge is 1.75. The molecule has 0 amide bonds. The van der Waals surface area contributed by atoms with Gasteiger partial charge in [-0.25, -0.2) is 0 Å². The molecule has 1 heteroatoms. The van der Waals surface area contributed by atoms with Crippen LogP contribution in [0.25, 0.3) is 0 Å². The SMILES string of the molecule is C1=CC1.I. The molecule has 0 saturated heterocycles. The lowest BCUT2D eigenvalue weighted by Gasteiger charge is -1.15. The Labute approximate surface area is 42.9 Å². The third-order valence-electron chi connectivity index (χ3n) is 0.236. The van der Waals surface area contributed by atoms with E-state index >= 15 is 0 Å². The smallest absolute Gasteiger partial charge is 0.0169 e. The molecule has 0 aromatic carbocycles. The van der Waals surface area contributed by atoms with E-state index in [-0.39, 0.29) is 24.0 Å². The van der Waals surface area contributed by atoms with Gasteiger partial charge in [-0.15, -0.1) is 24.0 Å². The highest BCUT2D eigenvalue weighted by Crippen LogP contribution is 1.96. The summed E-state index contributed by atoms with van der Waals surface area (Å²) in [6.07, 6.45) is 5.50. The first-order valence-electron chi connectivity index (χ1n) is 1.15. The van der Waals surface area contributed by atoms with Crippen LogP contribution in [-0.4, -0.2) is 0 Å². The highest BCUT2D eigenvalue weighted by molar-refractivity contribution is 14.0. The van der Waals surface area contributed by atoms with Crippen molar-refractivity contribution in [3.05, 3.63) is 12.2 Å². The van der Waals surface area contributed by atoms with Crippen LogP contribution in [0.3, 0.4) is 0 Å². The van der Waals surface area contributed by atoms with Gasteiger partial charge in [0.25, 0.3) is 0 Å². The summed E-state index contributed by atoms with van der Waals surface area (Å²) in [7, 11) is 0. The van der Waals surface area contributed by atoms with Gasteiger partial charge in [0, 0.05) is 0 Å². The molecule has 0 N–H and O–H groups in total. The van der Waals surface area contributed by atoms with Gasteiger partial charge >= 0.3 is 0 Å². The minimum atomic E-state index is 0. The molecule has 1 rings (SSSR count). The molecule has 0 fully saturated rings. The Bertz CT molecular complexity index is 26.3. The standard InChI is InChI=1S/C3H4.HI/c1-2-3-1;/h1-2H,3H2;1H. The second kappa shape index (κ2) is 1.76. The highest BCUT2D eigenvalue weighted by atomic mass is 127. The van der Waals surface area contributed by atoms with E-state index in [1.165, 1.54) is 6.42 Å². The second-order valence-electron chi connectivity index (χ2n) is 0.707. The molecule has 4 heavy (non-hydrogen) atoms. The van der Waals surface area contributed by atoms with Crippen LogP contribution in [0.2, 0.25) is 0 Å². The van der Waals surface area contributed by atoms with Crippen LogP contribution >= 0.6 is 24.0 Å². The van der Waals surface area contributed by atoms with Crippen molar-refractivity contribution in [2.75, 3.05) is 0 Å². The third kappa shape index (κ3) is 2.47. The topological polar surface area (TPSA) is 0 Å². The molecule has 1 aliphatic carbocycles.